The van der Waals surface area contributed by atoms with Crippen LogP contribution in [0.4, 0.5) is 5.69 Å². The lowest BCUT2D eigenvalue weighted by atomic mass is 9.95. The van der Waals surface area contributed by atoms with Crippen LogP contribution in [0.3, 0.4) is 0 Å². The quantitative estimate of drug-likeness (QED) is 0.509. The molecule has 2 aromatic carbocycles. The normalized spacial score (nSPS) is 15.3. The summed E-state index contributed by atoms with van der Waals surface area (Å²) in [5, 5.41) is 0. The molecule has 0 N–H and O–H groups in total. The van der Waals surface area contributed by atoms with E-state index in [0.717, 1.165) is 11.3 Å². The number of carbonyl (C=O) groups excluding carboxylic acids is 2. The SMILES string of the molecule is COC(=O)C1=C(C)N=c2s/c(=C/c3ccc(N(C)C)cc3)c(=O)n2[C@H]1c1ccc(C(=O)OC)cc1. The van der Waals surface area contributed by atoms with Crippen LogP contribution in [-0.2, 0) is 14.3 Å². The zero-order chi connectivity index (χ0) is 25.3. The fraction of sp³-hybridized carbons (Fsp3) is 0.231. The van der Waals surface area contributed by atoms with Gasteiger partial charge in [-0.1, -0.05) is 35.6 Å². The minimum Gasteiger partial charge on any atom is -0.466 e. The third-order valence-electron chi connectivity index (χ3n) is 5.78. The molecule has 35 heavy (non-hydrogen) atoms. The molecule has 1 aliphatic rings. The number of anilines is 1. The van der Waals surface area contributed by atoms with Gasteiger partial charge >= 0.3 is 11.9 Å². The van der Waals surface area contributed by atoms with Crippen LogP contribution in [0.5, 0.6) is 0 Å². The number of ether oxygens (including phenoxy) is 2. The van der Waals surface area contributed by atoms with Crippen molar-refractivity contribution in [1.82, 2.24) is 4.57 Å². The van der Waals surface area contributed by atoms with E-state index in [1.807, 2.05) is 49.3 Å². The van der Waals surface area contributed by atoms with Crippen LogP contribution in [0, 0.1) is 0 Å². The number of esters is 2. The molecule has 2 heterocycles. The molecule has 0 fully saturated rings. The van der Waals surface area contributed by atoms with E-state index in [-0.39, 0.29) is 11.1 Å². The Bertz CT molecular complexity index is 1500. The first-order chi connectivity index (χ1) is 16.7. The Hall–Kier alpha value is -3.98. The van der Waals surface area contributed by atoms with Crippen LogP contribution in [0.25, 0.3) is 6.08 Å². The van der Waals surface area contributed by atoms with Crippen molar-refractivity contribution >= 4 is 35.0 Å². The van der Waals surface area contributed by atoms with Crippen molar-refractivity contribution in [1.29, 1.82) is 0 Å². The van der Waals surface area contributed by atoms with E-state index in [4.69, 9.17) is 9.47 Å². The Morgan fingerprint density at radius 2 is 1.63 bits per heavy atom. The Morgan fingerprint density at radius 1 is 1.00 bits per heavy atom. The molecule has 0 saturated heterocycles. The van der Waals surface area contributed by atoms with Crippen molar-refractivity contribution in [3.8, 4) is 0 Å². The van der Waals surface area contributed by atoms with E-state index in [1.54, 1.807) is 31.2 Å². The largest absolute Gasteiger partial charge is 0.466 e. The maximum Gasteiger partial charge on any atom is 0.338 e. The number of fused-ring (bicyclic) bond motifs is 1. The summed E-state index contributed by atoms with van der Waals surface area (Å²) in [6.45, 7) is 1.72. The summed E-state index contributed by atoms with van der Waals surface area (Å²) >= 11 is 1.26. The van der Waals surface area contributed by atoms with E-state index >= 15 is 0 Å². The molecule has 1 aromatic heterocycles. The average Bonchev–Trinajstić information content (AvgIpc) is 3.16. The average molecular weight is 492 g/mol. The number of benzene rings is 2. The number of rotatable bonds is 5. The lowest BCUT2D eigenvalue weighted by Gasteiger charge is -2.24. The molecule has 3 aromatic rings. The minimum absolute atomic E-state index is 0.263. The summed E-state index contributed by atoms with van der Waals surface area (Å²) < 4.78 is 11.8. The highest BCUT2D eigenvalue weighted by Crippen LogP contribution is 2.30. The van der Waals surface area contributed by atoms with Gasteiger partial charge in [-0.3, -0.25) is 9.36 Å². The lowest BCUT2D eigenvalue weighted by molar-refractivity contribution is -0.136. The fourth-order valence-corrected chi connectivity index (χ4v) is 4.99. The molecule has 0 saturated carbocycles. The van der Waals surface area contributed by atoms with Crippen molar-refractivity contribution in [2.75, 3.05) is 33.2 Å². The zero-order valence-corrected chi connectivity index (χ0v) is 20.9. The topological polar surface area (TPSA) is 90.2 Å². The summed E-state index contributed by atoms with van der Waals surface area (Å²) in [7, 11) is 6.53. The number of allylic oxidation sites excluding steroid dienone is 1. The van der Waals surface area contributed by atoms with E-state index in [0.29, 0.717) is 26.2 Å². The Kier molecular flexibility index (Phi) is 6.70. The number of aromatic nitrogens is 1. The van der Waals surface area contributed by atoms with Gasteiger partial charge in [-0.15, -0.1) is 0 Å². The summed E-state index contributed by atoms with van der Waals surface area (Å²) in [6, 6.07) is 13.7. The molecule has 0 amide bonds. The highest BCUT2D eigenvalue weighted by molar-refractivity contribution is 7.07. The van der Waals surface area contributed by atoms with E-state index in [1.165, 1.54) is 30.1 Å². The maximum absolute atomic E-state index is 13.6. The molecule has 1 aliphatic heterocycles. The Labute approximate surface area is 206 Å². The number of nitrogens with zero attached hydrogens (tertiary/aromatic N) is 3. The molecule has 180 valence electrons. The standard InChI is InChI=1S/C26H25N3O5S/c1-15-21(25(32)34-5)22(17-8-10-18(11-9-17)24(31)33-4)29-23(30)20(35-26(29)27-15)14-16-6-12-19(13-7-16)28(2)3/h6-14,22H,1-5H3/b20-14+/t22-/m0/s1. The first kappa shape index (κ1) is 24.2. The smallest absolute Gasteiger partial charge is 0.338 e. The van der Waals surface area contributed by atoms with Gasteiger partial charge in [0.1, 0.15) is 0 Å². The second-order valence-electron chi connectivity index (χ2n) is 8.17. The molecule has 8 nitrogen and oxygen atoms in total. The van der Waals surface area contributed by atoms with Crippen LogP contribution in [0.15, 0.2) is 69.6 Å². The van der Waals surface area contributed by atoms with Gasteiger partial charge in [-0.25, -0.2) is 14.6 Å². The van der Waals surface area contributed by atoms with Gasteiger partial charge in [-0.2, -0.15) is 0 Å². The van der Waals surface area contributed by atoms with E-state index < -0.39 is 18.0 Å². The molecule has 0 unspecified atom stereocenters. The van der Waals surface area contributed by atoms with E-state index in [2.05, 4.69) is 4.99 Å². The number of thiazole rings is 1. The van der Waals surface area contributed by atoms with Crippen molar-refractivity contribution in [2.45, 2.75) is 13.0 Å². The summed E-state index contributed by atoms with van der Waals surface area (Å²) in [6.07, 6.45) is 1.82. The highest BCUT2D eigenvalue weighted by atomic mass is 32.1. The molecule has 0 bridgehead atoms. The van der Waals surface area contributed by atoms with Gasteiger partial charge in [0.25, 0.3) is 5.56 Å². The van der Waals surface area contributed by atoms with Crippen LogP contribution in [0.1, 0.15) is 34.5 Å². The third kappa shape index (κ3) is 4.54. The lowest BCUT2D eigenvalue weighted by Crippen LogP contribution is -2.39. The second-order valence-corrected chi connectivity index (χ2v) is 9.18. The maximum atomic E-state index is 13.6. The molecular weight excluding hydrogens is 466 g/mol. The Balaban J connectivity index is 1.88. The first-order valence-electron chi connectivity index (χ1n) is 10.8. The van der Waals surface area contributed by atoms with Crippen LogP contribution in [0.2, 0.25) is 0 Å². The summed E-state index contributed by atoms with van der Waals surface area (Å²) in [4.78, 5) is 45.3. The monoisotopic (exact) mass is 491 g/mol. The fourth-order valence-electron chi connectivity index (χ4n) is 3.95. The van der Waals surface area contributed by atoms with Crippen molar-refractivity contribution in [2.24, 2.45) is 4.99 Å². The van der Waals surface area contributed by atoms with Crippen molar-refractivity contribution < 1.29 is 19.1 Å². The number of methoxy groups -OCH3 is 2. The van der Waals surface area contributed by atoms with Crippen molar-refractivity contribution in [3.63, 3.8) is 0 Å². The van der Waals surface area contributed by atoms with Gasteiger partial charge in [0.05, 0.1) is 41.6 Å². The third-order valence-corrected chi connectivity index (χ3v) is 6.76. The molecule has 1 atom stereocenters. The predicted octanol–water partition coefficient (Wildman–Crippen LogP) is 2.26. The zero-order valence-electron chi connectivity index (χ0n) is 20.1. The first-order valence-corrected chi connectivity index (χ1v) is 11.6. The van der Waals surface area contributed by atoms with Gasteiger partial charge in [0.2, 0.25) is 0 Å². The van der Waals surface area contributed by atoms with Gasteiger partial charge in [0.15, 0.2) is 4.80 Å². The van der Waals surface area contributed by atoms with Gasteiger partial charge in [-0.05, 0) is 48.4 Å². The number of carbonyl (C=O) groups is 2. The van der Waals surface area contributed by atoms with Crippen molar-refractivity contribution in [3.05, 3.63) is 96.2 Å². The molecule has 4 rings (SSSR count). The molecule has 0 aliphatic carbocycles. The number of hydrogen-bond acceptors (Lipinski definition) is 8. The van der Waals surface area contributed by atoms with Crippen LogP contribution < -0.4 is 19.8 Å². The predicted molar refractivity (Wildman–Crippen MR) is 134 cm³/mol. The molecular formula is C26H25N3O5S. The Morgan fingerprint density at radius 3 is 2.20 bits per heavy atom. The highest BCUT2D eigenvalue weighted by Gasteiger charge is 2.33. The minimum atomic E-state index is -0.747. The summed E-state index contributed by atoms with van der Waals surface area (Å²) in [5.74, 6) is -1.04. The molecule has 0 radical (unpaired) electrons. The summed E-state index contributed by atoms with van der Waals surface area (Å²) in [5.41, 5.74) is 3.43. The van der Waals surface area contributed by atoms with Gasteiger partial charge in [0, 0.05) is 19.8 Å². The van der Waals surface area contributed by atoms with Crippen LogP contribution >= 0.6 is 11.3 Å². The van der Waals surface area contributed by atoms with E-state index in [9.17, 15) is 14.4 Å². The number of hydrogen-bond donors (Lipinski definition) is 0. The molecule has 9 heteroatoms. The van der Waals surface area contributed by atoms with Crippen LogP contribution in [-0.4, -0.2) is 44.8 Å². The second kappa shape index (κ2) is 9.71. The van der Waals surface area contributed by atoms with Gasteiger partial charge < -0.3 is 14.4 Å². The molecule has 0 spiro atoms.